The third kappa shape index (κ3) is 3.56. The number of anilines is 1. The molecule has 1 amide bonds. The number of carbonyl (C=O) groups is 3. The van der Waals surface area contributed by atoms with Crippen LogP contribution in [0.15, 0.2) is 102 Å². The number of non-ortho nitro benzene ring substituents is 1. The first-order valence-electron chi connectivity index (χ1n) is 13.2. The summed E-state index contributed by atoms with van der Waals surface area (Å²) in [5.41, 5.74) is 0.968. The molecule has 9 nitrogen and oxygen atoms in total. The van der Waals surface area contributed by atoms with E-state index in [4.69, 9.17) is 11.6 Å². The quantitative estimate of drug-likeness (QED) is 0.186. The standard InChI is InChI=1S/C32H21ClN4O5/c33-20-11-13-21(14-12-20)35-31(40)27-26(18-9-15-22(16-10-18)37(41)42)32(29(38)24-7-3-4-8-25(24)30(32)39)28-23-6-2-1-5-19(23)17-34-36(27)28/h1-17,26-28H,(H,35,40)/t26-,27+,28+/m0/s1. The molecule has 0 bridgehead atoms. The number of benzene rings is 4. The normalized spacial score (nSPS) is 21.2. The van der Waals surface area contributed by atoms with Crippen LogP contribution in [0.4, 0.5) is 11.4 Å². The lowest BCUT2D eigenvalue weighted by atomic mass is 9.63. The predicted octanol–water partition coefficient (Wildman–Crippen LogP) is 5.81. The van der Waals surface area contributed by atoms with Crippen molar-refractivity contribution in [2.75, 3.05) is 5.32 Å². The van der Waals surface area contributed by atoms with E-state index >= 15 is 0 Å². The molecule has 1 saturated heterocycles. The summed E-state index contributed by atoms with van der Waals surface area (Å²) in [6.45, 7) is 0. The lowest BCUT2D eigenvalue weighted by molar-refractivity contribution is -0.384. The Morgan fingerprint density at radius 2 is 1.50 bits per heavy atom. The topological polar surface area (TPSA) is 122 Å². The molecule has 10 heteroatoms. The highest BCUT2D eigenvalue weighted by Crippen LogP contribution is 2.64. The first-order valence-corrected chi connectivity index (χ1v) is 13.6. The molecule has 1 aliphatic carbocycles. The lowest BCUT2D eigenvalue weighted by Gasteiger charge is -2.36. The minimum atomic E-state index is -1.77. The summed E-state index contributed by atoms with van der Waals surface area (Å²) in [6, 6.07) is 24.2. The second-order valence-corrected chi connectivity index (χ2v) is 10.9. The zero-order chi connectivity index (χ0) is 29.2. The van der Waals surface area contributed by atoms with Gasteiger partial charge in [0.2, 0.25) is 5.91 Å². The van der Waals surface area contributed by atoms with Crippen molar-refractivity contribution in [2.24, 2.45) is 10.5 Å². The molecule has 4 aromatic carbocycles. The van der Waals surface area contributed by atoms with Crippen molar-refractivity contribution in [1.82, 2.24) is 5.01 Å². The van der Waals surface area contributed by atoms with E-state index in [1.54, 1.807) is 59.8 Å². The van der Waals surface area contributed by atoms with Crippen LogP contribution in [0.1, 0.15) is 49.4 Å². The smallest absolute Gasteiger partial charge is 0.269 e. The number of hydrogen-bond donors (Lipinski definition) is 1. The molecule has 4 aromatic rings. The van der Waals surface area contributed by atoms with Gasteiger partial charge in [-0.3, -0.25) is 29.5 Å². The minimum Gasteiger partial charge on any atom is -0.324 e. The van der Waals surface area contributed by atoms with E-state index in [1.807, 2.05) is 24.3 Å². The van der Waals surface area contributed by atoms with E-state index < -0.39 is 45.8 Å². The number of hydrogen-bond acceptors (Lipinski definition) is 7. The number of nitrogens with zero attached hydrogens (tertiary/aromatic N) is 3. The van der Waals surface area contributed by atoms with Gasteiger partial charge in [-0.1, -0.05) is 72.3 Å². The maximum Gasteiger partial charge on any atom is 0.269 e. The second-order valence-electron chi connectivity index (χ2n) is 10.5. The Labute approximate surface area is 244 Å². The number of carbonyl (C=O) groups excluding carboxylic acids is 3. The third-order valence-corrected chi connectivity index (χ3v) is 8.67. The first-order chi connectivity index (χ1) is 20.3. The Morgan fingerprint density at radius 3 is 2.14 bits per heavy atom. The lowest BCUT2D eigenvalue weighted by Crippen LogP contribution is -2.44. The Kier molecular flexibility index (Phi) is 5.81. The number of nitro groups is 1. The maximum atomic E-state index is 14.7. The van der Waals surface area contributed by atoms with Crippen molar-refractivity contribution in [1.29, 1.82) is 0 Å². The fourth-order valence-electron chi connectivity index (χ4n) is 6.70. The summed E-state index contributed by atoms with van der Waals surface area (Å²) in [4.78, 5) is 54.5. The predicted molar refractivity (Wildman–Crippen MR) is 156 cm³/mol. The summed E-state index contributed by atoms with van der Waals surface area (Å²) in [7, 11) is 0. The molecule has 0 radical (unpaired) electrons. The molecule has 7 rings (SSSR count). The molecular formula is C32H21ClN4O5. The third-order valence-electron chi connectivity index (χ3n) is 8.42. The molecule has 0 saturated carbocycles. The average molecular weight is 577 g/mol. The number of ketones is 2. The van der Waals surface area contributed by atoms with Gasteiger partial charge in [0.15, 0.2) is 11.6 Å². The highest BCUT2D eigenvalue weighted by Gasteiger charge is 2.72. The number of nitro benzene ring substituents is 1. The first kappa shape index (κ1) is 25.8. The highest BCUT2D eigenvalue weighted by molar-refractivity contribution is 6.31. The molecule has 1 fully saturated rings. The van der Waals surface area contributed by atoms with Gasteiger partial charge in [0.25, 0.3) is 5.69 Å². The molecular weight excluding hydrogens is 556 g/mol. The number of rotatable bonds is 4. The largest absolute Gasteiger partial charge is 0.324 e. The van der Waals surface area contributed by atoms with Crippen LogP contribution in [-0.4, -0.2) is 39.7 Å². The average Bonchev–Trinajstić information content (AvgIpc) is 3.44. The fraction of sp³-hybridized carbons (Fsp3) is 0.125. The number of fused-ring (bicyclic) bond motifs is 5. The van der Waals surface area contributed by atoms with Gasteiger partial charge in [-0.15, -0.1) is 0 Å². The maximum absolute atomic E-state index is 14.7. The Morgan fingerprint density at radius 1 is 0.881 bits per heavy atom. The molecule has 0 aromatic heterocycles. The Balaban J connectivity index is 1.48. The summed E-state index contributed by atoms with van der Waals surface area (Å²) < 4.78 is 0. The van der Waals surface area contributed by atoms with Crippen LogP contribution in [-0.2, 0) is 4.79 Å². The molecule has 3 atom stereocenters. The van der Waals surface area contributed by atoms with Gasteiger partial charge in [-0.05, 0) is 41.0 Å². The highest BCUT2D eigenvalue weighted by atomic mass is 35.5. The number of nitrogens with one attached hydrogen (secondary N) is 1. The number of amides is 1. The van der Waals surface area contributed by atoms with E-state index in [9.17, 15) is 24.5 Å². The van der Waals surface area contributed by atoms with Crippen molar-refractivity contribution in [3.05, 3.63) is 140 Å². The van der Waals surface area contributed by atoms with Crippen molar-refractivity contribution < 1.29 is 19.3 Å². The van der Waals surface area contributed by atoms with Crippen LogP contribution in [0.3, 0.4) is 0 Å². The SMILES string of the molecule is O=C(Nc1ccc(Cl)cc1)[C@H]1[C@H](c2ccc([N+](=O)[O-])cc2)C2(C(=O)c3ccccc3C2=O)[C@H]2c3ccccc3C=NN12. The number of halogens is 1. The van der Waals surface area contributed by atoms with E-state index in [2.05, 4.69) is 10.4 Å². The van der Waals surface area contributed by atoms with Gasteiger partial charge < -0.3 is 5.32 Å². The monoisotopic (exact) mass is 576 g/mol. The molecule has 42 heavy (non-hydrogen) atoms. The summed E-state index contributed by atoms with van der Waals surface area (Å²) >= 11 is 6.05. The fourth-order valence-corrected chi connectivity index (χ4v) is 6.83. The van der Waals surface area contributed by atoms with E-state index in [0.29, 0.717) is 21.8 Å². The van der Waals surface area contributed by atoms with E-state index in [1.165, 1.54) is 24.3 Å². The van der Waals surface area contributed by atoms with Crippen LogP contribution in [0.2, 0.25) is 5.02 Å². The van der Waals surface area contributed by atoms with Crippen LogP contribution < -0.4 is 5.32 Å². The Bertz CT molecular complexity index is 1800. The van der Waals surface area contributed by atoms with Crippen LogP contribution in [0.25, 0.3) is 0 Å². The van der Waals surface area contributed by atoms with Crippen LogP contribution in [0.5, 0.6) is 0 Å². The van der Waals surface area contributed by atoms with Gasteiger partial charge in [-0.25, -0.2) is 0 Å². The number of hydrazone groups is 1. The van der Waals surface area contributed by atoms with Crippen molar-refractivity contribution in [3.8, 4) is 0 Å². The Hall–Kier alpha value is -5.15. The summed E-state index contributed by atoms with van der Waals surface area (Å²) in [6.07, 6.45) is 1.62. The van der Waals surface area contributed by atoms with Gasteiger partial charge in [0, 0.05) is 39.9 Å². The zero-order valence-corrected chi connectivity index (χ0v) is 22.6. The molecule has 0 unspecified atom stereocenters. The summed E-state index contributed by atoms with van der Waals surface area (Å²) in [5.74, 6) is -2.34. The van der Waals surface area contributed by atoms with Crippen molar-refractivity contribution >= 4 is 46.7 Å². The van der Waals surface area contributed by atoms with Gasteiger partial charge in [-0.2, -0.15) is 5.10 Å². The molecule has 1 spiro atoms. The zero-order valence-electron chi connectivity index (χ0n) is 21.8. The van der Waals surface area contributed by atoms with Crippen LogP contribution >= 0.6 is 11.6 Å². The molecule has 2 heterocycles. The molecule has 206 valence electrons. The van der Waals surface area contributed by atoms with E-state index in [-0.39, 0.29) is 16.8 Å². The van der Waals surface area contributed by atoms with Crippen LogP contribution in [0, 0.1) is 15.5 Å². The van der Waals surface area contributed by atoms with Crippen molar-refractivity contribution in [3.63, 3.8) is 0 Å². The van der Waals surface area contributed by atoms with Crippen molar-refractivity contribution in [2.45, 2.75) is 18.0 Å². The number of Topliss-reactive ketones (excluding diaryl/α,β-unsaturated/α-hetero) is 2. The van der Waals surface area contributed by atoms with Gasteiger partial charge in [0.05, 0.1) is 17.2 Å². The second kappa shape index (κ2) is 9.46. The minimum absolute atomic E-state index is 0.151. The molecule has 3 aliphatic rings. The summed E-state index contributed by atoms with van der Waals surface area (Å²) in [5, 5.41) is 21.1. The van der Waals surface area contributed by atoms with Gasteiger partial charge in [0.1, 0.15) is 11.5 Å². The molecule has 2 aliphatic heterocycles. The molecule has 1 N–H and O–H groups in total. The van der Waals surface area contributed by atoms with E-state index in [0.717, 1.165) is 5.56 Å². The van der Waals surface area contributed by atoms with Gasteiger partial charge >= 0.3 is 0 Å².